The molecule has 1 amide bonds. The van der Waals surface area contributed by atoms with Crippen LogP contribution in [0.15, 0.2) is 41.2 Å². The maximum atomic E-state index is 13.2. The number of fused-ring (bicyclic) bond motifs is 1. The van der Waals surface area contributed by atoms with Gasteiger partial charge in [0.2, 0.25) is 0 Å². The Bertz CT molecular complexity index is 961. The number of benzene rings is 1. The maximum absolute atomic E-state index is 13.2. The van der Waals surface area contributed by atoms with Crippen LogP contribution < -0.4 is 0 Å². The Labute approximate surface area is 164 Å². The Kier molecular flexibility index (Phi) is 5.24. The molecule has 3 aromatic rings. The Morgan fingerprint density at radius 1 is 1.29 bits per heavy atom. The second kappa shape index (κ2) is 7.81. The van der Waals surface area contributed by atoms with Crippen LogP contribution in [0.1, 0.15) is 33.6 Å². The number of hydrogen-bond acceptors (Lipinski definition) is 4. The van der Waals surface area contributed by atoms with Gasteiger partial charge in [-0.25, -0.2) is 0 Å². The number of aromatic nitrogens is 1. The molecule has 28 heavy (non-hydrogen) atoms. The predicted octanol–water partition coefficient (Wildman–Crippen LogP) is 3.09. The summed E-state index contributed by atoms with van der Waals surface area (Å²) in [5.41, 5.74) is 4.97. The van der Waals surface area contributed by atoms with Gasteiger partial charge in [-0.3, -0.25) is 9.69 Å². The zero-order valence-electron chi connectivity index (χ0n) is 16.4. The number of aryl methyl sites for hydroxylation is 2. The van der Waals surface area contributed by atoms with Crippen molar-refractivity contribution in [3.05, 3.63) is 59.2 Å². The number of carbonyl (C=O) groups is 1. The highest BCUT2D eigenvalue weighted by molar-refractivity contribution is 6.01. The number of aliphatic hydroxyl groups is 1. The molecule has 0 radical (unpaired) electrons. The predicted molar refractivity (Wildman–Crippen MR) is 108 cm³/mol. The van der Waals surface area contributed by atoms with Gasteiger partial charge in [-0.15, -0.1) is 0 Å². The molecule has 148 valence electrons. The number of rotatable bonds is 5. The van der Waals surface area contributed by atoms with E-state index in [9.17, 15) is 9.90 Å². The van der Waals surface area contributed by atoms with E-state index < -0.39 is 0 Å². The number of piperazine rings is 1. The van der Waals surface area contributed by atoms with Crippen molar-refractivity contribution in [2.75, 3.05) is 26.2 Å². The lowest BCUT2D eigenvalue weighted by atomic mass is 10.1. The Morgan fingerprint density at radius 3 is 2.89 bits per heavy atom. The molecule has 3 heterocycles. The first-order valence-corrected chi connectivity index (χ1v) is 9.81. The fourth-order valence-electron chi connectivity index (χ4n) is 4.14. The molecule has 1 aliphatic heterocycles. The number of hydrogen-bond donors (Lipinski definition) is 2. The SMILES string of the molecule is Cc1ccc2[nH]c(C(=O)N3CCN(Cc4ccoc4)[C@@H](CCO)C3)c(C)c2c1. The van der Waals surface area contributed by atoms with Crippen LogP contribution in [-0.2, 0) is 6.54 Å². The average Bonchev–Trinajstić information content (AvgIpc) is 3.31. The lowest BCUT2D eigenvalue weighted by Gasteiger charge is -2.41. The molecule has 2 aromatic heterocycles. The number of furan rings is 1. The highest BCUT2D eigenvalue weighted by atomic mass is 16.3. The van der Waals surface area contributed by atoms with E-state index in [1.54, 1.807) is 12.5 Å². The zero-order chi connectivity index (χ0) is 19.7. The fourth-order valence-corrected chi connectivity index (χ4v) is 4.14. The van der Waals surface area contributed by atoms with Gasteiger partial charge in [-0.05, 0) is 44.0 Å². The third-order valence-corrected chi connectivity index (χ3v) is 5.75. The summed E-state index contributed by atoms with van der Waals surface area (Å²) in [4.78, 5) is 20.8. The van der Waals surface area contributed by atoms with Crippen LogP contribution in [0, 0.1) is 13.8 Å². The maximum Gasteiger partial charge on any atom is 0.270 e. The zero-order valence-corrected chi connectivity index (χ0v) is 16.4. The first-order chi connectivity index (χ1) is 13.6. The van der Waals surface area contributed by atoms with Gasteiger partial charge in [-0.2, -0.15) is 0 Å². The lowest BCUT2D eigenvalue weighted by molar-refractivity contribution is 0.0390. The van der Waals surface area contributed by atoms with Crippen molar-refractivity contribution in [1.29, 1.82) is 0 Å². The molecular weight excluding hydrogens is 354 g/mol. The molecule has 6 heteroatoms. The van der Waals surface area contributed by atoms with E-state index in [4.69, 9.17) is 4.42 Å². The van der Waals surface area contributed by atoms with Crippen molar-refractivity contribution in [2.24, 2.45) is 0 Å². The van der Waals surface area contributed by atoms with Gasteiger partial charge < -0.3 is 19.4 Å². The first kappa shape index (κ1) is 18.8. The Hall–Kier alpha value is -2.57. The fraction of sp³-hybridized carbons (Fsp3) is 0.409. The summed E-state index contributed by atoms with van der Waals surface area (Å²) in [6.07, 6.45) is 4.08. The van der Waals surface area contributed by atoms with Crippen molar-refractivity contribution in [3.8, 4) is 0 Å². The van der Waals surface area contributed by atoms with Crippen LogP contribution in [0.25, 0.3) is 10.9 Å². The van der Waals surface area contributed by atoms with Crippen molar-refractivity contribution in [2.45, 2.75) is 32.9 Å². The smallest absolute Gasteiger partial charge is 0.270 e. The number of nitrogens with zero attached hydrogens (tertiary/aromatic N) is 2. The molecular formula is C22H27N3O3. The minimum Gasteiger partial charge on any atom is -0.472 e. The molecule has 0 unspecified atom stereocenters. The summed E-state index contributed by atoms with van der Waals surface area (Å²) in [6, 6.07) is 8.30. The van der Waals surface area contributed by atoms with Crippen LogP contribution >= 0.6 is 0 Å². The average molecular weight is 381 g/mol. The highest BCUT2D eigenvalue weighted by Gasteiger charge is 2.31. The molecule has 0 spiro atoms. The normalized spacial score (nSPS) is 18.1. The number of aliphatic hydroxyl groups excluding tert-OH is 1. The number of H-pyrrole nitrogens is 1. The molecule has 4 rings (SSSR count). The minimum atomic E-state index is 0.0391. The van der Waals surface area contributed by atoms with Gasteiger partial charge in [0.25, 0.3) is 5.91 Å². The molecule has 1 saturated heterocycles. The largest absolute Gasteiger partial charge is 0.472 e. The monoisotopic (exact) mass is 381 g/mol. The van der Waals surface area contributed by atoms with Crippen molar-refractivity contribution < 1.29 is 14.3 Å². The van der Waals surface area contributed by atoms with Crippen LogP contribution in [0.4, 0.5) is 0 Å². The van der Waals surface area contributed by atoms with Gasteiger partial charge in [0, 0.05) is 55.3 Å². The van der Waals surface area contributed by atoms with Crippen LogP contribution in [0.3, 0.4) is 0 Å². The van der Waals surface area contributed by atoms with Crippen LogP contribution in [0.2, 0.25) is 0 Å². The molecule has 6 nitrogen and oxygen atoms in total. The van der Waals surface area contributed by atoms with Gasteiger partial charge in [-0.1, -0.05) is 11.6 Å². The molecule has 1 fully saturated rings. The molecule has 2 N–H and O–H groups in total. The standard InChI is InChI=1S/C22H27N3O3/c1-15-3-4-20-19(11-15)16(2)21(23-20)22(27)25-8-7-24(18(13-25)5-9-26)12-17-6-10-28-14-17/h3-4,6,10-11,14,18,23,26H,5,7-9,12-13H2,1-2H3/t18-/m0/s1. The summed E-state index contributed by atoms with van der Waals surface area (Å²) < 4.78 is 5.17. The van der Waals surface area contributed by atoms with E-state index in [1.807, 2.05) is 24.0 Å². The van der Waals surface area contributed by atoms with Gasteiger partial charge in [0.1, 0.15) is 5.69 Å². The summed E-state index contributed by atoms with van der Waals surface area (Å²) in [5, 5.41) is 10.6. The summed E-state index contributed by atoms with van der Waals surface area (Å²) in [5.74, 6) is 0.0391. The van der Waals surface area contributed by atoms with E-state index in [0.717, 1.165) is 35.1 Å². The van der Waals surface area contributed by atoms with Crippen molar-refractivity contribution >= 4 is 16.8 Å². The molecule has 0 bridgehead atoms. The Morgan fingerprint density at radius 2 is 2.14 bits per heavy atom. The van der Waals surface area contributed by atoms with E-state index in [1.165, 1.54) is 5.56 Å². The first-order valence-electron chi connectivity index (χ1n) is 9.81. The van der Waals surface area contributed by atoms with E-state index >= 15 is 0 Å². The number of aromatic amines is 1. The molecule has 0 aliphatic carbocycles. The highest BCUT2D eigenvalue weighted by Crippen LogP contribution is 2.25. The van der Waals surface area contributed by atoms with E-state index in [-0.39, 0.29) is 18.6 Å². The lowest BCUT2D eigenvalue weighted by Crippen LogP contribution is -2.54. The topological polar surface area (TPSA) is 72.7 Å². The molecule has 1 aliphatic rings. The van der Waals surface area contributed by atoms with E-state index in [0.29, 0.717) is 25.2 Å². The second-order valence-corrected chi connectivity index (χ2v) is 7.69. The number of nitrogens with one attached hydrogen (secondary N) is 1. The quantitative estimate of drug-likeness (QED) is 0.712. The van der Waals surface area contributed by atoms with Gasteiger partial charge >= 0.3 is 0 Å². The number of carbonyl (C=O) groups excluding carboxylic acids is 1. The third kappa shape index (κ3) is 3.57. The summed E-state index contributed by atoms with van der Waals surface area (Å²) >= 11 is 0. The van der Waals surface area contributed by atoms with Crippen LogP contribution in [0.5, 0.6) is 0 Å². The minimum absolute atomic E-state index is 0.0391. The summed E-state index contributed by atoms with van der Waals surface area (Å²) in [7, 11) is 0. The van der Waals surface area contributed by atoms with Gasteiger partial charge in [0.15, 0.2) is 0 Å². The second-order valence-electron chi connectivity index (χ2n) is 7.69. The van der Waals surface area contributed by atoms with Crippen molar-refractivity contribution in [1.82, 2.24) is 14.8 Å². The third-order valence-electron chi connectivity index (χ3n) is 5.75. The van der Waals surface area contributed by atoms with E-state index in [2.05, 4.69) is 28.9 Å². The summed E-state index contributed by atoms with van der Waals surface area (Å²) in [6.45, 7) is 7.02. The van der Waals surface area contributed by atoms with Gasteiger partial charge in [0.05, 0.1) is 12.5 Å². The Balaban J connectivity index is 1.53. The van der Waals surface area contributed by atoms with Crippen LogP contribution in [-0.4, -0.2) is 58.1 Å². The van der Waals surface area contributed by atoms with Crippen molar-refractivity contribution in [3.63, 3.8) is 0 Å². The number of amides is 1. The molecule has 1 atom stereocenters. The molecule has 0 saturated carbocycles. The molecule has 1 aromatic carbocycles.